The molecule has 2 heterocycles. The summed E-state index contributed by atoms with van der Waals surface area (Å²) in [5, 5.41) is 15.6. The third kappa shape index (κ3) is 6.05. The van der Waals surface area contributed by atoms with Crippen LogP contribution >= 0.6 is 0 Å². The lowest BCUT2D eigenvalue weighted by Crippen LogP contribution is -2.39. The molecule has 6 nitrogen and oxygen atoms in total. The second-order valence-corrected chi connectivity index (χ2v) is 8.87. The van der Waals surface area contributed by atoms with Crippen LogP contribution in [0.5, 0.6) is 0 Å². The van der Waals surface area contributed by atoms with E-state index in [1.54, 1.807) is 0 Å². The molecule has 6 heteroatoms. The molecule has 1 aliphatic heterocycles. The largest absolute Gasteiger partial charge is 0.356 e. The first-order chi connectivity index (χ1) is 14.0. The van der Waals surface area contributed by atoms with E-state index < -0.39 is 0 Å². The Morgan fingerprint density at radius 1 is 1.00 bits per heavy atom. The number of aryl methyl sites for hydroxylation is 1. The van der Waals surface area contributed by atoms with E-state index in [-0.39, 0.29) is 5.41 Å². The zero-order valence-corrected chi connectivity index (χ0v) is 18.5. The van der Waals surface area contributed by atoms with Crippen molar-refractivity contribution >= 4 is 5.96 Å². The Bertz CT molecular complexity index is 798. The fraction of sp³-hybridized carbons (Fsp3) is 0.609. The molecule has 0 amide bonds. The molecule has 0 unspecified atom stereocenters. The summed E-state index contributed by atoms with van der Waals surface area (Å²) in [5.74, 6) is 3.08. The van der Waals surface area contributed by atoms with Crippen molar-refractivity contribution in [3.8, 4) is 0 Å². The van der Waals surface area contributed by atoms with Crippen LogP contribution in [0.4, 0.5) is 0 Å². The lowest BCUT2D eigenvalue weighted by molar-refractivity contribution is 0.590. The smallest absolute Gasteiger partial charge is 0.191 e. The van der Waals surface area contributed by atoms with E-state index in [0.717, 1.165) is 56.5 Å². The summed E-state index contributed by atoms with van der Waals surface area (Å²) in [6.45, 7) is 9.45. The summed E-state index contributed by atoms with van der Waals surface area (Å²) < 4.78 is 2.31. The molecule has 29 heavy (non-hydrogen) atoms. The van der Waals surface area contributed by atoms with Crippen molar-refractivity contribution in [3.63, 3.8) is 0 Å². The van der Waals surface area contributed by atoms with Crippen molar-refractivity contribution in [2.24, 2.45) is 4.99 Å². The maximum Gasteiger partial charge on any atom is 0.191 e. The van der Waals surface area contributed by atoms with Gasteiger partial charge >= 0.3 is 0 Å². The zero-order valence-electron chi connectivity index (χ0n) is 18.5. The molecule has 0 aliphatic carbocycles. The fourth-order valence-corrected chi connectivity index (χ4v) is 3.74. The molecule has 0 spiro atoms. The van der Waals surface area contributed by atoms with Crippen LogP contribution in [0.15, 0.2) is 29.3 Å². The molecule has 1 aromatic carbocycles. The Labute approximate surface area is 175 Å². The van der Waals surface area contributed by atoms with Gasteiger partial charge in [-0.25, -0.2) is 0 Å². The minimum Gasteiger partial charge on any atom is -0.356 e. The fourth-order valence-electron chi connectivity index (χ4n) is 3.74. The van der Waals surface area contributed by atoms with E-state index in [2.05, 4.69) is 75.4 Å². The second kappa shape index (κ2) is 9.90. The van der Waals surface area contributed by atoms with E-state index >= 15 is 0 Å². The average molecular weight is 397 g/mol. The molecule has 1 aromatic heterocycles. The van der Waals surface area contributed by atoms with Gasteiger partial charge in [0.2, 0.25) is 0 Å². The number of aliphatic imine (C=N–C) groups is 1. The predicted molar refractivity (Wildman–Crippen MR) is 119 cm³/mol. The topological polar surface area (TPSA) is 67.1 Å². The van der Waals surface area contributed by atoms with Crippen LogP contribution in [-0.4, -0.2) is 40.9 Å². The van der Waals surface area contributed by atoms with E-state index in [9.17, 15) is 0 Å². The van der Waals surface area contributed by atoms with Crippen LogP contribution in [0, 0.1) is 0 Å². The second-order valence-electron chi connectivity index (χ2n) is 8.87. The summed E-state index contributed by atoms with van der Waals surface area (Å²) in [7, 11) is 1.82. The number of benzene rings is 1. The Hall–Kier alpha value is -2.37. The van der Waals surface area contributed by atoms with Crippen LogP contribution in [0.3, 0.4) is 0 Å². The number of nitrogens with zero attached hydrogens (tertiary/aromatic N) is 4. The first-order valence-electron chi connectivity index (χ1n) is 10.9. The lowest BCUT2D eigenvalue weighted by Gasteiger charge is -2.19. The average Bonchev–Trinajstić information content (AvgIpc) is 2.93. The third-order valence-electron chi connectivity index (χ3n) is 5.58. The molecule has 0 saturated carbocycles. The number of fused-ring (bicyclic) bond motifs is 1. The molecule has 0 bridgehead atoms. The predicted octanol–water partition coefficient (Wildman–Crippen LogP) is 3.25. The molecule has 0 radical (unpaired) electrons. The molecular weight excluding hydrogens is 360 g/mol. The Balaban J connectivity index is 1.41. The minimum absolute atomic E-state index is 0.200. The first-order valence-corrected chi connectivity index (χ1v) is 10.9. The number of hydrogen-bond acceptors (Lipinski definition) is 3. The molecule has 158 valence electrons. The van der Waals surface area contributed by atoms with Gasteiger partial charge in [-0.2, -0.15) is 0 Å². The monoisotopic (exact) mass is 396 g/mol. The van der Waals surface area contributed by atoms with Gasteiger partial charge in [-0.15, -0.1) is 10.2 Å². The van der Waals surface area contributed by atoms with E-state index in [1.165, 1.54) is 30.4 Å². The highest BCUT2D eigenvalue weighted by Gasteiger charge is 2.14. The summed E-state index contributed by atoms with van der Waals surface area (Å²) in [6, 6.07) is 8.94. The van der Waals surface area contributed by atoms with Gasteiger partial charge in [0.05, 0.1) is 0 Å². The Morgan fingerprint density at radius 2 is 1.72 bits per heavy atom. The normalized spacial score (nSPS) is 15.0. The highest BCUT2D eigenvalue weighted by Crippen LogP contribution is 2.22. The van der Waals surface area contributed by atoms with Crippen molar-refractivity contribution in [3.05, 3.63) is 47.0 Å². The molecule has 3 rings (SSSR count). The van der Waals surface area contributed by atoms with Gasteiger partial charge in [0, 0.05) is 39.5 Å². The summed E-state index contributed by atoms with van der Waals surface area (Å²) in [4.78, 5) is 4.34. The first kappa shape index (κ1) is 21.3. The number of aromatic nitrogens is 3. The molecule has 2 aromatic rings. The Morgan fingerprint density at radius 3 is 2.41 bits per heavy atom. The SMILES string of the molecule is CN=C(NCCc1ccc(C(C)(C)C)cc1)NCCc1nnc2n1CCCCC2. The van der Waals surface area contributed by atoms with Crippen LogP contribution in [0.2, 0.25) is 0 Å². The van der Waals surface area contributed by atoms with E-state index in [1.807, 2.05) is 7.05 Å². The van der Waals surface area contributed by atoms with Crippen molar-refractivity contribution in [1.82, 2.24) is 25.4 Å². The number of guanidine groups is 1. The maximum atomic E-state index is 4.40. The standard InChI is InChI=1S/C23H36N6/c1-23(2,3)19-11-9-18(10-12-19)13-15-25-22(24-4)26-16-14-21-28-27-20-8-6-5-7-17-29(20)21/h9-12H,5-8,13-17H2,1-4H3,(H2,24,25,26). The summed E-state index contributed by atoms with van der Waals surface area (Å²) >= 11 is 0. The molecule has 2 N–H and O–H groups in total. The van der Waals surface area contributed by atoms with Gasteiger partial charge in [-0.1, -0.05) is 51.5 Å². The molecule has 0 saturated heterocycles. The molecule has 0 atom stereocenters. The lowest BCUT2D eigenvalue weighted by atomic mass is 9.86. The van der Waals surface area contributed by atoms with Crippen molar-refractivity contribution in [2.45, 2.75) is 71.3 Å². The highest BCUT2D eigenvalue weighted by molar-refractivity contribution is 5.79. The van der Waals surface area contributed by atoms with Crippen LogP contribution in [0.25, 0.3) is 0 Å². The van der Waals surface area contributed by atoms with Crippen LogP contribution < -0.4 is 10.6 Å². The van der Waals surface area contributed by atoms with Gasteiger partial charge in [0.1, 0.15) is 11.6 Å². The van der Waals surface area contributed by atoms with Crippen LogP contribution in [-0.2, 0) is 31.2 Å². The Kier molecular flexibility index (Phi) is 7.29. The van der Waals surface area contributed by atoms with Gasteiger partial charge < -0.3 is 15.2 Å². The van der Waals surface area contributed by atoms with E-state index in [0.29, 0.717) is 0 Å². The van der Waals surface area contributed by atoms with Crippen molar-refractivity contribution < 1.29 is 0 Å². The number of rotatable bonds is 6. The minimum atomic E-state index is 0.200. The van der Waals surface area contributed by atoms with Crippen LogP contribution in [0.1, 0.15) is 62.8 Å². The summed E-state index contributed by atoms with van der Waals surface area (Å²) in [6.07, 6.45) is 6.64. The number of hydrogen-bond donors (Lipinski definition) is 2. The van der Waals surface area contributed by atoms with Crippen molar-refractivity contribution in [1.29, 1.82) is 0 Å². The molecule has 1 aliphatic rings. The van der Waals surface area contributed by atoms with E-state index in [4.69, 9.17) is 0 Å². The molecule has 0 fully saturated rings. The van der Waals surface area contributed by atoms with Gasteiger partial charge in [-0.3, -0.25) is 4.99 Å². The zero-order chi connectivity index (χ0) is 20.7. The van der Waals surface area contributed by atoms with Gasteiger partial charge in [0.15, 0.2) is 5.96 Å². The quantitative estimate of drug-likeness (QED) is 0.581. The van der Waals surface area contributed by atoms with Gasteiger partial charge in [0.25, 0.3) is 0 Å². The summed E-state index contributed by atoms with van der Waals surface area (Å²) in [5.41, 5.74) is 2.91. The van der Waals surface area contributed by atoms with Crippen molar-refractivity contribution in [2.75, 3.05) is 20.1 Å². The molecular formula is C23H36N6. The number of nitrogens with one attached hydrogen (secondary N) is 2. The third-order valence-corrected chi connectivity index (χ3v) is 5.58. The highest BCUT2D eigenvalue weighted by atomic mass is 15.3. The van der Waals surface area contributed by atoms with Gasteiger partial charge in [-0.05, 0) is 35.8 Å². The maximum absolute atomic E-state index is 4.40.